The number of nitrogens with zero attached hydrogens (tertiary/aromatic N) is 1. The SMILES string of the molecule is C[C@H]1CCCN(C(C)(C)CNC(=O)[C@@H]2CCOC2)C1. The molecule has 4 nitrogen and oxygen atoms in total. The van der Waals surface area contributed by atoms with Crippen molar-refractivity contribution >= 4 is 5.91 Å². The zero-order chi connectivity index (χ0) is 13.9. The van der Waals surface area contributed by atoms with Gasteiger partial charge in [0.15, 0.2) is 0 Å². The molecule has 2 aliphatic rings. The van der Waals surface area contributed by atoms with Crippen LogP contribution in [0.25, 0.3) is 0 Å². The fourth-order valence-corrected chi connectivity index (χ4v) is 3.04. The number of hydrogen-bond acceptors (Lipinski definition) is 3. The lowest BCUT2D eigenvalue weighted by molar-refractivity contribution is -0.125. The predicted octanol–water partition coefficient (Wildman–Crippen LogP) is 1.65. The summed E-state index contributed by atoms with van der Waals surface area (Å²) in [6.07, 6.45) is 3.47. The van der Waals surface area contributed by atoms with Crippen LogP contribution in [0.15, 0.2) is 0 Å². The summed E-state index contributed by atoms with van der Waals surface area (Å²) in [6.45, 7) is 11.1. The van der Waals surface area contributed by atoms with Gasteiger partial charge in [-0.05, 0) is 45.6 Å². The van der Waals surface area contributed by atoms with Gasteiger partial charge in [0.05, 0.1) is 12.5 Å². The second kappa shape index (κ2) is 6.23. The third-order valence-corrected chi connectivity index (χ3v) is 4.51. The van der Waals surface area contributed by atoms with Crippen LogP contribution in [0.3, 0.4) is 0 Å². The third-order valence-electron chi connectivity index (χ3n) is 4.51. The molecule has 0 bridgehead atoms. The first kappa shape index (κ1) is 14.8. The monoisotopic (exact) mass is 268 g/mol. The minimum atomic E-state index is 0.0454. The molecule has 19 heavy (non-hydrogen) atoms. The molecule has 110 valence electrons. The van der Waals surface area contributed by atoms with Crippen LogP contribution in [0.4, 0.5) is 0 Å². The Kier molecular flexibility index (Phi) is 4.85. The highest BCUT2D eigenvalue weighted by atomic mass is 16.5. The van der Waals surface area contributed by atoms with E-state index >= 15 is 0 Å². The van der Waals surface area contributed by atoms with E-state index in [0.29, 0.717) is 6.61 Å². The number of ether oxygens (including phenoxy) is 1. The van der Waals surface area contributed by atoms with E-state index in [2.05, 4.69) is 31.0 Å². The Bertz CT molecular complexity index is 311. The normalized spacial score (nSPS) is 29.4. The quantitative estimate of drug-likeness (QED) is 0.843. The van der Waals surface area contributed by atoms with Crippen LogP contribution in [-0.2, 0) is 9.53 Å². The summed E-state index contributed by atoms with van der Waals surface area (Å²) < 4.78 is 5.27. The fraction of sp³-hybridized carbons (Fsp3) is 0.933. The summed E-state index contributed by atoms with van der Waals surface area (Å²) in [5.74, 6) is 0.999. The van der Waals surface area contributed by atoms with Crippen molar-refractivity contribution in [1.82, 2.24) is 10.2 Å². The third kappa shape index (κ3) is 3.93. The van der Waals surface area contributed by atoms with Gasteiger partial charge in [0.25, 0.3) is 0 Å². The van der Waals surface area contributed by atoms with Crippen molar-refractivity contribution in [2.75, 3.05) is 32.8 Å². The number of likely N-dealkylation sites (tertiary alicyclic amines) is 1. The summed E-state index contributed by atoms with van der Waals surface area (Å²) >= 11 is 0. The minimum absolute atomic E-state index is 0.0454. The number of rotatable bonds is 4. The van der Waals surface area contributed by atoms with Gasteiger partial charge < -0.3 is 10.1 Å². The smallest absolute Gasteiger partial charge is 0.225 e. The Labute approximate surface area is 116 Å². The number of piperidine rings is 1. The maximum Gasteiger partial charge on any atom is 0.225 e. The minimum Gasteiger partial charge on any atom is -0.381 e. The highest BCUT2D eigenvalue weighted by Gasteiger charge is 2.31. The van der Waals surface area contributed by atoms with Gasteiger partial charge in [-0.3, -0.25) is 9.69 Å². The van der Waals surface area contributed by atoms with E-state index in [9.17, 15) is 4.79 Å². The van der Waals surface area contributed by atoms with Gasteiger partial charge in [0.2, 0.25) is 5.91 Å². The molecule has 1 amide bonds. The van der Waals surface area contributed by atoms with E-state index in [1.54, 1.807) is 0 Å². The van der Waals surface area contributed by atoms with Crippen molar-refractivity contribution in [2.24, 2.45) is 11.8 Å². The summed E-state index contributed by atoms with van der Waals surface area (Å²) in [5, 5.41) is 3.12. The molecule has 2 aliphatic heterocycles. The maximum absolute atomic E-state index is 12.0. The number of carbonyl (C=O) groups excluding carboxylic acids is 1. The van der Waals surface area contributed by atoms with Crippen molar-refractivity contribution in [2.45, 2.75) is 45.6 Å². The molecule has 0 aliphatic carbocycles. The van der Waals surface area contributed by atoms with E-state index in [4.69, 9.17) is 4.74 Å². The highest BCUT2D eigenvalue weighted by molar-refractivity contribution is 5.79. The molecule has 2 rings (SSSR count). The van der Waals surface area contributed by atoms with E-state index < -0.39 is 0 Å². The highest BCUT2D eigenvalue weighted by Crippen LogP contribution is 2.23. The molecular weight excluding hydrogens is 240 g/mol. The zero-order valence-electron chi connectivity index (χ0n) is 12.6. The number of amides is 1. The standard InChI is InChI=1S/C15H28N2O2/c1-12-5-4-7-17(9-12)15(2,3)11-16-14(18)13-6-8-19-10-13/h12-13H,4-11H2,1-3H3,(H,16,18)/t12-,13+/m0/s1. The van der Waals surface area contributed by atoms with Crippen LogP contribution in [0, 0.1) is 11.8 Å². The first-order chi connectivity index (χ1) is 8.99. The lowest BCUT2D eigenvalue weighted by Gasteiger charge is -2.43. The Morgan fingerprint density at radius 2 is 2.21 bits per heavy atom. The molecule has 0 spiro atoms. The Hall–Kier alpha value is -0.610. The van der Waals surface area contributed by atoms with Gasteiger partial charge in [-0.2, -0.15) is 0 Å². The lowest BCUT2D eigenvalue weighted by atomic mass is 9.93. The molecule has 2 fully saturated rings. The summed E-state index contributed by atoms with van der Waals surface area (Å²) in [5.41, 5.74) is 0.0454. The maximum atomic E-state index is 12.0. The average molecular weight is 268 g/mol. The van der Waals surface area contributed by atoms with Crippen LogP contribution < -0.4 is 5.32 Å². The van der Waals surface area contributed by atoms with Crippen LogP contribution in [0.1, 0.15) is 40.0 Å². The number of carbonyl (C=O) groups is 1. The van der Waals surface area contributed by atoms with Crippen molar-refractivity contribution in [3.63, 3.8) is 0 Å². The molecule has 0 unspecified atom stereocenters. The Morgan fingerprint density at radius 1 is 1.42 bits per heavy atom. The molecular formula is C15H28N2O2. The van der Waals surface area contributed by atoms with Gasteiger partial charge in [0, 0.05) is 25.2 Å². The van der Waals surface area contributed by atoms with Crippen molar-refractivity contribution in [3.8, 4) is 0 Å². The molecule has 0 aromatic carbocycles. The van der Waals surface area contributed by atoms with Crippen molar-refractivity contribution < 1.29 is 9.53 Å². The Morgan fingerprint density at radius 3 is 2.84 bits per heavy atom. The van der Waals surface area contributed by atoms with E-state index in [0.717, 1.165) is 38.6 Å². The van der Waals surface area contributed by atoms with Gasteiger partial charge >= 0.3 is 0 Å². The van der Waals surface area contributed by atoms with E-state index in [1.165, 1.54) is 12.8 Å². The van der Waals surface area contributed by atoms with Crippen LogP contribution in [0.2, 0.25) is 0 Å². The zero-order valence-corrected chi connectivity index (χ0v) is 12.6. The van der Waals surface area contributed by atoms with E-state index in [-0.39, 0.29) is 17.4 Å². The topological polar surface area (TPSA) is 41.6 Å². The van der Waals surface area contributed by atoms with E-state index in [1.807, 2.05) is 0 Å². The molecule has 1 N–H and O–H groups in total. The lowest BCUT2D eigenvalue weighted by Crippen LogP contribution is -2.55. The summed E-state index contributed by atoms with van der Waals surface area (Å²) in [4.78, 5) is 14.5. The van der Waals surface area contributed by atoms with Crippen molar-refractivity contribution in [3.05, 3.63) is 0 Å². The molecule has 2 heterocycles. The predicted molar refractivity (Wildman–Crippen MR) is 76.0 cm³/mol. The molecule has 0 aromatic rings. The second-order valence-corrected chi connectivity index (χ2v) is 6.78. The molecule has 4 heteroatoms. The fourth-order valence-electron chi connectivity index (χ4n) is 3.04. The second-order valence-electron chi connectivity index (χ2n) is 6.78. The van der Waals surface area contributed by atoms with Gasteiger partial charge in [-0.25, -0.2) is 0 Å². The summed E-state index contributed by atoms with van der Waals surface area (Å²) in [6, 6.07) is 0. The van der Waals surface area contributed by atoms with Crippen LogP contribution in [0.5, 0.6) is 0 Å². The molecule has 0 aromatic heterocycles. The molecule has 2 saturated heterocycles. The van der Waals surface area contributed by atoms with Crippen LogP contribution >= 0.6 is 0 Å². The van der Waals surface area contributed by atoms with Gasteiger partial charge in [0.1, 0.15) is 0 Å². The first-order valence-electron chi connectivity index (χ1n) is 7.59. The Balaban J connectivity index is 1.80. The molecule has 0 radical (unpaired) electrons. The molecule has 2 atom stereocenters. The molecule has 0 saturated carbocycles. The number of hydrogen-bond donors (Lipinski definition) is 1. The van der Waals surface area contributed by atoms with Gasteiger partial charge in [-0.15, -0.1) is 0 Å². The largest absolute Gasteiger partial charge is 0.381 e. The van der Waals surface area contributed by atoms with Crippen molar-refractivity contribution in [1.29, 1.82) is 0 Å². The van der Waals surface area contributed by atoms with Gasteiger partial charge in [-0.1, -0.05) is 6.92 Å². The number of nitrogens with one attached hydrogen (secondary N) is 1. The average Bonchev–Trinajstić information content (AvgIpc) is 2.90. The first-order valence-corrected chi connectivity index (χ1v) is 7.59. The van der Waals surface area contributed by atoms with Crippen LogP contribution in [-0.4, -0.2) is 49.2 Å². The summed E-state index contributed by atoms with van der Waals surface area (Å²) in [7, 11) is 0.